The van der Waals surface area contributed by atoms with Crippen LogP contribution in [-0.2, 0) is 14.3 Å². The van der Waals surface area contributed by atoms with Gasteiger partial charge in [-0.2, -0.15) is 13.2 Å². The summed E-state index contributed by atoms with van der Waals surface area (Å²) in [6.45, 7) is 0.769. The number of nitrogens with zero attached hydrogens (tertiary/aromatic N) is 1. The summed E-state index contributed by atoms with van der Waals surface area (Å²) >= 11 is 0. The van der Waals surface area contributed by atoms with Crippen LogP contribution in [0.5, 0.6) is 0 Å². The summed E-state index contributed by atoms with van der Waals surface area (Å²) in [5.41, 5.74) is 0. The Labute approximate surface area is 84.0 Å². The van der Waals surface area contributed by atoms with Gasteiger partial charge in [-0.15, -0.1) is 0 Å². The van der Waals surface area contributed by atoms with E-state index in [1.807, 2.05) is 0 Å². The molecule has 0 aromatic heterocycles. The Kier molecular flexibility index (Phi) is 3.33. The number of cyclic esters (lactones) is 2. The Morgan fingerprint density at radius 2 is 1.80 bits per heavy atom. The molecule has 0 aliphatic carbocycles. The molecule has 0 bridgehead atoms. The fourth-order valence-electron chi connectivity index (χ4n) is 1.35. The monoisotopic (exact) mass is 225 g/mol. The minimum atomic E-state index is -4.30. The zero-order chi connectivity index (χ0) is 11.6. The SMILES string of the molecule is CC(CC(F)(F)F)N1CC(=O)OC(=O)C1. The van der Waals surface area contributed by atoms with Crippen LogP contribution in [0.3, 0.4) is 0 Å². The van der Waals surface area contributed by atoms with Crippen LogP contribution in [0, 0.1) is 0 Å². The van der Waals surface area contributed by atoms with E-state index >= 15 is 0 Å². The van der Waals surface area contributed by atoms with Gasteiger partial charge in [-0.3, -0.25) is 14.5 Å². The van der Waals surface area contributed by atoms with Crippen LogP contribution in [0.2, 0.25) is 0 Å². The molecule has 1 aliphatic heterocycles. The number of hydrogen-bond acceptors (Lipinski definition) is 4. The van der Waals surface area contributed by atoms with E-state index in [0.717, 1.165) is 4.90 Å². The average Bonchev–Trinajstić information content (AvgIpc) is 1.98. The predicted octanol–water partition coefficient (Wildman–Crippen LogP) is 0.713. The lowest BCUT2D eigenvalue weighted by atomic mass is 10.2. The lowest BCUT2D eigenvalue weighted by molar-refractivity contribution is -0.173. The van der Waals surface area contributed by atoms with Crippen LogP contribution in [0.4, 0.5) is 13.2 Å². The summed E-state index contributed by atoms with van der Waals surface area (Å²) < 4.78 is 40.3. The Hall–Kier alpha value is -1.11. The molecule has 7 heteroatoms. The standard InChI is InChI=1S/C8H10F3NO3/c1-5(2-8(9,10)11)12-3-6(13)15-7(14)4-12/h5H,2-4H2,1H3. The first-order chi connectivity index (χ1) is 6.78. The highest BCUT2D eigenvalue weighted by atomic mass is 19.4. The summed E-state index contributed by atoms with van der Waals surface area (Å²) in [6.07, 6.45) is -5.35. The maximum atomic E-state index is 12.0. The van der Waals surface area contributed by atoms with E-state index in [1.165, 1.54) is 6.92 Å². The molecule has 1 unspecified atom stereocenters. The third kappa shape index (κ3) is 3.86. The third-order valence-corrected chi connectivity index (χ3v) is 2.04. The van der Waals surface area contributed by atoms with Crippen molar-refractivity contribution in [1.82, 2.24) is 4.90 Å². The fraction of sp³-hybridized carbons (Fsp3) is 0.750. The number of carbonyl (C=O) groups excluding carboxylic acids is 2. The molecule has 0 amide bonds. The van der Waals surface area contributed by atoms with E-state index in [9.17, 15) is 22.8 Å². The molecule has 86 valence electrons. The summed E-state index contributed by atoms with van der Waals surface area (Å²) in [5.74, 6) is -1.61. The lowest BCUT2D eigenvalue weighted by Gasteiger charge is -2.30. The molecule has 0 radical (unpaired) electrons. The molecule has 1 rings (SSSR count). The summed E-state index contributed by atoms with van der Waals surface area (Å²) in [4.78, 5) is 22.7. The molecule has 0 N–H and O–H groups in total. The number of esters is 2. The van der Waals surface area contributed by atoms with Gasteiger partial charge in [0.2, 0.25) is 0 Å². The van der Waals surface area contributed by atoms with Gasteiger partial charge in [0.15, 0.2) is 0 Å². The maximum Gasteiger partial charge on any atom is 0.390 e. The van der Waals surface area contributed by atoms with Gasteiger partial charge in [-0.05, 0) is 6.92 Å². The zero-order valence-corrected chi connectivity index (χ0v) is 8.00. The van der Waals surface area contributed by atoms with Gasteiger partial charge in [-0.1, -0.05) is 0 Å². The van der Waals surface area contributed by atoms with Crippen molar-refractivity contribution in [2.45, 2.75) is 25.6 Å². The Balaban J connectivity index is 2.55. The van der Waals surface area contributed by atoms with E-state index in [2.05, 4.69) is 4.74 Å². The fourth-order valence-corrected chi connectivity index (χ4v) is 1.35. The molecule has 1 atom stereocenters. The number of halogens is 3. The van der Waals surface area contributed by atoms with Crippen molar-refractivity contribution in [2.24, 2.45) is 0 Å². The molecule has 0 spiro atoms. The third-order valence-electron chi connectivity index (χ3n) is 2.04. The molecule has 1 saturated heterocycles. The molecule has 1 aliphatic rings. The minimum absolute atomic E-state index is 0.275. The molecule has 0 aromatic carbocycles. The van der Waals surface area contributed by atoms with E-state index in [1.54, 1.807) is 0 Å². The first kappa shape index (κ1) is 12.0. The van der Waals surface area contributed by atoms with Crippen LogP contribution in [0.25, 0.3) is 0 Å². The maximum absolute atomic E-state index is 12.0. The quantitative estimate of drug-likeness (QED) is 0.513. The number of alkyl halides is 3. The first-order valence-corrected chi connectivity index (χ1v) is 4.32. The minimum Gasteiger partial charge on any atom is -0.391 e. The van der Waals surface area contributed by atoms with Crippen molar-refractivity contribution in [3.8, 4) is 0 Å². The van der Waals surface area contributed by atoms with Gasteiger partial charge in [0.25, 0.3) is 0 Å². The van der Waals surface area contributed by atoms with E-state index in [0.29, 0.717) is 0 Å². The Bertz CT molecular complexity index is 261. The van der Waals surface area contributed by atoms with Crippen molar-refractivity contribution in [1.29, 1.82) is 0 Å². The molecule has 1 heterocycles. The Morgan fingerprint density at radius 1 is 1.33 bits per heavy atom. The van der Waals surface area contributed by atoms with Crippen molar-refractivity contribution < 1.29 is 27.5 Å². The number of rotatable bonds is 2. The smallest absolute Gasteiger partial charge is 0.390 e. The summed E-state index contributed by atoms with van der Waals surface area (Å²) in [5, 5.41) is 0. The van der Waals surface area contributed by atoms with Crippen LogP contribution in [0.15, 0.2) is 0 Å². The molecule has 1 fully saturated rings. The van der Waals surface area contributed by atoms with Gasteiger partial charge < -0.3 is 4.74 Å². The number of hydrogen-bond donors (Lipinski definition) is 0. The second-order valence-electron chi connectivity index (χ2n) is 3.42. The second-order valence-corrected chi connectivity index (χ2v) is 3.42. The van der Waals surface area contributed by atoms with Gasteiger partial charge in [-0.25, -0.2) is 0 Å². The van der Waals surface area contributed by atoms with Crippen molar-refractivity contribution in [3.63, 3.8) is 0 Å². The van der Waals surface area contributed by atoms with Crippen LogP contribution in [0.1, 0.15) is 13.3 Å². The van der Waals surface area contributed by atoms with Gasteiger partial charge in [0.1, 0.15) is 0 Å². The van der Waals surface area contributed by atoms with Gasteiger partial charge in [0.05, 0.1) is 19.5 Å². The second kappa shape index (κ2) is 4.18. The Morgan fingerprint density at radius 3 is 2.20 bits per heavy atom. The normalized spacial score (nSPS) is 21.3. The predicted molar refractivity (Wildman–Crippen MR) is 42.8 cm³/mol. The lowest BCUT2D eigenvalue weighted by Crippen LogP contribution is -2.48. The van der Waals surface area contributed by atoms with E-state index in [-0.39, 0.29) is 13.1 Å². The van der Waals surface area contributed by atoms with Gasteiger partial charge >= 0.3 is 18.1 Å². The summed E-state index contributed by atoms with van der Waals surface area (Å²) in [7, 11) is 0. The average molecular weight is 225 g/mol. The number of carbonyl (C=O) groups is 2. The van der Waals surface area contributed by atoms with E-state index < -0.39 is 30.6 Å². The molecule has 0 aromatic rings. The highest BCUT2D eigenvalue weighted by Gasteiger charge is 2.35. The van der Waals surface area contributed by atoms with E-state index in [4.69, 9.17) is 0 Å². The van der Waals surface area contributed by atoms with Crippen LogP contribution >= 0.6 is 0 Å². The number of morpholine rings is 1. The molecule has 4 nitrogen and oxygen atoms in total. The van der Waals surface area contributed by atoms with Crippen molar-refractivity contribution in [3.05, 3.63) is 0 Å². The largest absolute Gasteiger partial charge is 0.391 e. The molecular weight excluding hydrogens is 215 g/mol. The molecular formula is C8H10F3NO3. The van der Waals surface area contributed by atoms with Gasteiger partial charge in [0, 0.05) is 6.04 Å². The molecule has 0 saturated carbocycles. The van der Waals surface area contributed by atoms with Crippen LogP contribution < -0.4 is 0 Å². The molecule has 15 heavy (non-hydrogen) atoms. The first-order valence-electron chi connectivity index (χ1n) is 4.32. The highest BCUT2D eigenvalue weighted by Crippen LogP contribution is 2.24. The summed E-state index contributed by atoms with van der Waals surface area (Å²) in [6, 6.07) is -0.901. The highest BCUT2D eigenvalue weighted by molar-refractivity contribution is 5.90. The number of ether oxygens (including phenoxy) is 1. The topological polar surface area (TPSA) is 46.6 Å². The van der Waals surface area contributed by atoms with Crippen molar-refractivity contribution in [2.75, 3.05) is 13.1 Å². The zero-order valence-electron chi connectivity index (χ0n) is 8.00. The van der Waals surface area contributed by atoms with Crippen molar-refractivity contribution >= 4 is 11.9 Å². The van der Waals surface area contributed by atoms with Crippen LogP contribution in [-0.4, -0.2) is 42.1 Å².